The zero-order chi connectivity index (χ0) is 12.8. The van der Waals surface area contributed by atoms with Gasteiger partial charge in [0.1, 0.15) is 6.61 Å². The number of rotatable bonds is 5. The molecule has 1 N–H and O–H groups in total. The maximum absolute atomic E-state index is 11.4. The largest absolute Gasteiger partial charge is 0.481 e. The van der Waals surface area contributed by atoms with E-state index < -0.39 is 11.9 Å². The average Bonchev–Trinajstić information content (AvgIpc) is 2.64. The second kappa shape index (κ2) is 6.61. The van der Waals surface area contributed by atoms with Crippen LogP contribution in [0.3, 0.4) is 0 Å². The van der Waals surface area contributed by atoms with Crippen molar-refractivity contribution in [1.82, 2.24) is 0 Å². The van der Waals surface area contributed by atoms with Gasteiger partial charge in [0, 0.05) is 10.5 Å². The Hall–Kier alpha value is -1.08. The van der Waals surface area contributed by atoms with Gasteiger partial charge in [0.25, 0.3) is 0 Å². The van der Waals surface area contributed by atoms with Crippen LogP contribution in [0.5, 0.6) is 0 Å². The van der Waals surface area contributed by atoms with Gasteiger partial charge in [-0.15, -0.1) is 0 Å². The minimum absolute atomic E-state index is 0.116. The molecule has 0 aliphatic carbocycles. The number of allylic oxidation sites excluding steroid dienone is 1. The summed E-state index contributed by atoms with van der Waals surface area (Å²) in [5.74, 6) is -1.68. The second-order valence-corrected chi connectivity index (χ2v) is 4.63. The number of thioether (sulfide) groups is 1. The lowest BCUT2D eigenvalue weighted by molar-refractivity contribution is -0.147. The molecule has 0 amide bonds. The third-order valence-corrected chi connectivity index (χ3v) is 3.54. The van der Waals surface area contributed by atoms with Crippen LogP contribution in [-0.4, -0.2) is 28.8 Å². The van der Waals surface area contributed by atoms with Gasteiger partial charge >= 0.3 is 11.9 Å². The maximum Gasteiger partial charge on any atom is 0.306 e. The Kier molecular flexibility index (Phi) is 5.43. The van der Waals surface area contributed by atoms with Crippen molar-refractivity contribution in [2.75, 3.05) is 6.61 Å². The highest BCUT2D eigenvalue weighted by Gasteiger charge is 2.21. The number of carboxylic acid groups (broad SMARTS) is 1. The van der Waals surface area contributed by atoms with E-state index in [1.807, 2.05) is 0 Å². The number of ether oxygens (including phenoxy) is 1. The molecule has 5 nitrogen and oxygen atoms in total. The van der Waals surface area contributed by atoms with Crippen LogP contribution in [0, 0.1) is 0 Å². The molecule has 0 atom stereocenters. The highest BCUT2D eigenvalue weighted by atomic mass is 79.9. The predicted molar refractivity (Wildman–Crippen MR) is 65.5 cm³/mol. The fraction of sp³-hybridized carbons (Fsp3) is 0.300. The van der Waals surface area contributed by atoms with Crippen LogP contribution < -0.4 is 0 Å². The summed E-state index contributed by atoms with van der Waals surface area (Å²) in [7, 11) is 0. The normalized spacial score (nSPS) is 17.1. The van der Waals surface area contributed by atoms with Crippen molar-refractivity contribution in [3.63, 3.8) is 0 Å². The molecular weight excluding hydrogens is 312 g/mol. The van der Waals surface area contributed by atoms with Crippen molar-refractivity contribution in [2.24, 2.45) is 0 Å². The first-order valence-electron chi connectivity index (χ1n) is 4.63. The predicted octanol–water partition coefficient (Wildman–Crippen LogP) is 1.83. The maximum atomic E-state index is 11.4. The minimum atomic E-state index is -1.06. The van der Waals surface area contributed by atoms with Crippen LogP contribution in [-0.2, 0) is 19.1 Å². The summed E-state index contributed by atoms with van der Waals surface area (Å²) in [6.45, 7) is -0.116. The standard InChI is InChI=1S/C10H9BrO5S/c11-4-7-3-6(10(15)17-7)5-16-9(14)2-1-8(12)13/h3-4H,1-2,5H2,(H,12,13)/b7-4-. The zero-order valence-electron chi connectivity index (χ0n) is 8.64. The lowest BCUT2D eigenvalue weighted by atomic mass is 10.3. The summed E-state index contributed by atoms with van der Waals surface area (Å²) in [4.78, 5) is 35.0. The van der Waals surface area contributed by atoms with E-state index in [1.165, 1.54) is 0 Å². The van der Waals surface area contributed by atoms with Crippen molar-refractivity contribution in [2.45, 2.75) is 12.8 Å². The van der Waals surface area contributed by atoms with Crippen molar-refractivity contribution in [3.05, 3.63) is 21.5 Å². The Morgan fingerprint density at radius 3 is 2.71 bits per heavy atom. The summed E-state index contributed by atoms with van der Waals surface area (Å²) in [5.41, 5.74) is 0.393. The first-order chi connectivity index (χ1) is 8.02. The molecule has 0 aromatic carbocycles. The third-order valence-electron chi connectivity index (χ3n) is 1.83. The van der Waals surface area contributed by atoms with E-state index in [0.717, 1.165) is 16.7 Å². The summed E-state index contributed by atoms with van der Waals surface area (Å²) in [6, 6.07) is 0. The molecule has 7 heteroatoms. The average molecular weight is 321 g/mol. The molecule has 0 radical (unpaired) electrons. The van der Waals surface area contributed by atoms with Crippen LogP contribution in [0.2, 0.25) is 0 Å². The van der Waals surface area contributed by atoms with Gasteiger partial charge in [-0.05, 0) is 22.8 Å². The summed E-state index contributed by atoms with van der Waals surface area (Å²) < 4.78 is 4.79. The number of hydrogen-bond acceptors (Lipinski definition) is 5. The number of aliphatic carboxylic acids is 1. The topological polar surface area (TPSA) is 80.7 Å². The molecule has 1 heterocycles. The van der Waals surface area contributed by atoms with Gasteiger partial charge < -0.3 is 9.84 Å². The Labute approximate surface area is 110 Å². The lowest BCUT2D eigenvalue weighted by Crippen LogP contribution is -2.11. The Morgan fingerprint density at radius 1 is 1.47 bits per heavy atom. The monoisotopic (exact) mass is 320 g/mol. The van der Waals surface area contributed by atoms with E-state index >= 15 is 0 Å². The molecule has 92 valence electrons. The van der Waals surface area contributed by atoms with Crippen LogP contribution in [0.4, 0.5) is 0 Å². The highest BCUT2D eigenvalue weighted by Crippen LogP contribution is 2.31. The Balaban J connectivity index is 2.38. The first-order valence-corrected chi connectivity index (χ1v) is 6.36. The van der Waals surface area contributed by atoms with Crippen LogP contribution in [0.1, 0.15) is 12.8 Å². The molecule has 0 fully saturated rings. The van der Waals surface area contributed by atoms with Gasteiger partial charge in [0.05, 0.1) is 12.8 Å². The third kappa shape index (κ3) is 4.74. The molecule has 1 aliphatic rings. The van der Waals surface area contributed by atoms with E-state index in [9.17, 15) is 14.4 Å². The first kappa shape index (κ1) is 14.0. The molecular formula is C10H9BrO5S. The molecule has 17 heavy (non-hydrogen) atoms. The molecule has 0 aromatic rings. The molecule has 0 unspecified atom stereocenters. The SMILES string of the molecule is O=C(O)CCC(=O)OCC1=C/C(=C/Br)SC1=O. The fourth-order valence-electron chi connectivity index (χ4n) is 1.03. The van der Waals surface area contributed by atoms with Gasteiger partial charge in [-0.3, -0.25) is 14.4 Å². The molecule has 0 saturated heterocycles. The van der Waals surface area contributed by atoms with Crippen molar-refractivity contribution < 1.29 is 24.2 Å². The molecule has 0 saturated carbocycles. The number of carbonyl (C=O) groups is 3. The number of carboxylic acids is 1. The van der Waals surface area contributed by atoms with Crippen molar-refractivity contribution >= 4 is 44.7 Å². The fourth-order valence-corrected chi connectivity index (χ4v) is 2.15. The molecule has 0 spiro atoms. The van der Waals surface area contributed by atoms with E-state index in [1.54, 1.807) is 11.1 Å². The molecule has 1 rings (SSSR count). The van der Waals surface area contributed by atoms with Crippen molar-refractivity contribution in [3.8, 4) is 0 Å². The number of hydrogen-bond donors (Lipinski definition) is 1. The lowest BCUT2D eigenvalue weighted by Gasteiger charge is -2.02. The summed E-state index contributed by atoms with van der Waals surface area (Å²) in [5, 5.41) is 8.20. The van der Waals surface area contributed by atoms with Gasteiger partial charge in [-0.2, -0.15) is 0 Å². The molecule has 0 bridgehead atoms. The van der Waals surface area contributed by atoms with Gasteiger partial charge in [0.15, 0.2) is 0 Å². The Morgan fingerprint density at radius 2 is 2.18 bits per heavy atom. The van der Waals surface area contributed by atoms with Crippen LogP contribution in [0.25, 0.3) is 0 Å². The zero-order valence-corrected chi connectivity index (χ0v) is 11.0. The number of halogens is 1. The highest BCUT2D eigenvalue weighted by molar-refractivity contribution is 9.11. The second-order valence-electron chi connectivity index (χ2n) is 3.12. The van der Waals surface area contributed by atoms with Crippen molar-refractivity contribution in [1.29, 1.82) is 0 Å². The number of esters is 1. The van der Waals surface area contributed by atoms with Crippen LogP contribution >= 0.6 is 27.7 Å². The Bertz CT molecular complexity index is 413. The summed E-state index contributed by atoms with van der Waals surface area (Å²) in [6.07, 6.45) is 1.16. The van der Waals surface area contributed by atoms with E-state index in [2.05, 4.69) is 15.9 Å². The summed E-state index contributed by atoms with van der Waals surface area (Å²) >= 11 is 4.14. The van der Waals surface area contributed by atoms with Crippen LogP contribution in [0.15, 0.2) is 21.5 Å². The van der Waals surface area contributed by atoms with E-state index in [4.69, 9.17) is 9.84 Å². The molecule has 1 aliphatic heterocycles. The smallest absolute Gasteiger partial charge is 0.306 e. The van der Waals surface area contributed by atoms with Gasteiger partial charge in [-0.1, -0.05) is 15.9 Å². The quantitative estimate of drug-likeness (QED) is 0.778. The van der Waals surface area contributed by atoms with Gasteiger partial charge in [0.2, 0.25) is 5.12 Å². The molecule has 0 aromatic heterocycles. The van der Waals surface area contributed by atoms with E-state index in [-0.39, 0.29) is 24.6 Å². The van der Waals surface area contributed by atoms with Gasteiger partial charge in [-0.25, -0.2) is 0 Å². The van der Waals surface area contributed by atoms with E-state index in [0.29, 0.717) is 5.57 Å². The minimum Gasteiger partial charge on any atom is -0.481 e. The number of carbonyl (C=O) groups excluding carboxylic acids is 2.